The predicted octanol–water partition coefficient (Wildman–Crippen LogP) is 3.90. The maximum atomic E-state index is 6.33. The molecule has 2 nitrogen and oxygen atoms in total. The third-order valence-corrected chi connectivity index (χ3v) is 6.16. The Hall–Kier alpha value is -0.150. The Morgan fingerprint density at radius 2 is 2.11 bits per heavy atom. The van der Waals surface area contributed by atoms with Gasteiger partial charge in [-0.3, -0.25) is 4.68 Å². The number of thioether (sulfide) groups is 1. The molecule has 1 aromatic heterocycles. The quantitative estimate of drug-likeness (QED) is 0.784. The van der Waals surface area contributed by atoms with Gasteiger partial charge in [-0.05, 0) is 37.0 Å². The summed E-state index contributed by atoms with van der Waals surface area (Å²) in [5.74, 6) is 2.92. The van der Waals surface area contributed by atoms with Crippen molar-refractivity contribution in [3.8, 4) is 0 Å². The summed E-state index contributed by atoms with van der Waals surface area (Å²) in [7, 11) is 0. The van der Waals surface area contributed by atoms with Gasteiger partial charge in [0, 0.05) is 17.3 Å². The largest absolute Gasteiger partial charge is 0.269 e. The Balaban J connectivity index is 1.62. The summed E-state index contributed by atoms with van der Waals surface area (Å²) in [6, 6.07) is 2.85. The predicted molar refractivity (Wildman–Crippen MR) is 78.5 cm³/mol. The van der Waals surface area contributed by atoms with Gasteiger partial charge in [-0.1, -0.05) is 19.3 Å². The van der Waals surface area contributed by atoms with Gasteiger partial charge < -0.3 is 0 Å². The van der Waals surface area contributed by atoms with E-state index in [9.17, 15) is 0 Å². The van der Waals surface area contributed by atoms with Gasteiger partial charge in [-0.25, -0.2) is 0 Å². The number of hydrogen-bond acceptors (Lipinski definition) is 2. The molecule has 4 heteroatoms. The van der Waals surface area contributed by atoms with E-state index < -0.39 is 0 Å². The second-order valence-electron chi connectivity index (χ2n) is 5.60. The molecule has 2 atom stereocenters. The van der Waals surface area contributed by atoms with E-state index in [0.717, 1.165) is 12.2 Å². The summed E-state index contributed by atoms with van der Waals surface area (Å²) < 4.78 is 2.21. The van der Waals surface area contributed by atoms with Crippen LogP contribution in [0.3, 0.4) is 0 Å². The maximum absolute atomic E-state index is 6.33. The van der Waals surface area contributed by atoms with Crippen LogP contribution in [-0.4, -0.2) is 26.7 Å². The lowest BCUT2D eigenvalue weighted by atomic mass is 9.96. The molecule has 100 valence electrons. The first-order valence-corrected chi connectivity index (χ1v) is 8.68. The van der Waals surface area contributed by atoms with Crippen molar-refractivity contribution in [3.63, 3.8) is 0 Å². The van der Waals surface area contributed by atoms with Gasteiger partial charge in [0.05, 0.1) is 11.7 Å². The highest BCUT2D eigenvalue weighted by Gasteiger charge is 2.27. The molecule has 2 unspecified atom stereocenters. The minimum atomic E-state index is 0.342. The monoisotopic (exact) mass is 284 g/mol. The van der Waals surface area contributed by atoms with Crippen molar-refractivity contribution in [3.05, 3.63) is 18.0 Å². The molecule has 0 radical (unpaired) electrons. The van der Waals surface area contributed by atoms with E-state index in [1.807, 2.05) is 11.8 Å². The molecule has 0 aromatic carbocycles. The van der Waals surface area contributed by atoms with Crippen molar-refractivity contribution < 1.29 is 0 Å². The first-order chi connectivity index (χ1) is 8.83. The molecule has 0 amide bonds. The highest BCUT2D eigenvalue weighted by atomic mass is 35.5. The zero-order valence-corrected chi connectivity index (χ0v) is 12.3. The molecule has 3 rings (SSSR count). The van der Waals surface area contributed by atoms with E-state index in [2.05, 4.69) is 16.9 Å². The maximum Gasteiger partial charge on any atom is 0.0628 e. The van der Waals surface area contributed by atoms with Gasteiger partial charge in [0.1, 0.15) is 0 Å². The highest BCUT2D eigenvalue weighted by molar-refractivity contribution is 7.99. The van der Waals surface area contributed by atoms with Crippen LogP contribution in [0.2, 0.25) is 0 Å². The molecule has 2 fully saturated rings. The lowest BCUT2D eigenvalue weighted by Gasteiger charge is -2.21. The lowest BCUT2D eigenvalue weighted by Crippen LogP contribution is -2.16. The van der Waals surface area contributed by atoms with Crippen LogP contribution in [0.1, 0.15) is 43.8 Å². The zero-order chi connectivity index (χ0) is 12.4. The van der Waals surface area contributed by atoms with Crippen LogP contribution < -0.4 is 0 Å². The van der Waals surface area contributed by atoms with Crippen LogP contribution in [-0.2, 0) is 6.42 Å². The summed E-state index contributed by atoms with van der Waals surface area (Å²) in [4.78, 5) is 0. The van der Waals surface area contributed by atoms with Crippen LogP contribution >= 0.6 is 23.4 Å². The number of rotatable bonds is 3. The Labute approximate surface area is 118 Å². The van der Waals surface area contributed by atoms with Crippen LogP contribution in [0.25, 0.3) is 0 Å². The molecule has 0 bridgehead atoms. The number of nitrogens with zero attached hydrogens (tertiary/aromatic N) is 2. The van der Waals surface area contributed by atoms with Crippen molar-refractivity contribution in [1.82, 2.24) is 9.78 Å². The minimum absolute atomic E-state index is 0.342. The average Bonchev–Trinajstić information content (AvgIpc) is 3.02. The molecular formula is C14H21ClN2S. The van der Waals surface area contributed by atoms with Gasteiger partial charge in [-0.15, -0.1) is 11.6 Å². The SMILES string of the molecule is ClC1CSCC1Cc1ccn(C2CCCCC2)n1. The molecule has 18 heavy (non-hydrogen) atoms. The topological polar surface area (TPSA) is 17.8 Å². The summed E-state index contributed by atoms with van der Waals surface area (Å²) in [5, 5.41) is 5.12. The molecule has 1 saturated carbocycles. The Bertz CT molecular complexity index is 387. The Morgan fingerprint density at radius 3 is 2.83 bits per heavy atom. The van der Waals surface area contributed by atoms with Crippen molar-refractivity contribution in [2.75, 3.05) is 11.5 Å². The van der Waals surface area contributed by atoms with Crippen molar-refractivity contribution in [2.24, 2.45) is 5.92 Å². The lowest BCUT2D eigenvalue weighted by molar-refractivity contribution is 0.327. The van der Waals surface area contributed by atoms with E-state index in [-0.39, 0.29) is 0 Å². The van der Waals surface area contributed by atoms with Crippen LogP contribution in [0.15, 0.2) is 12.3 Å². The molecule has 1 aliphatic carbocycles. The second kappa shape index (κ2) is 5.87. The van der Waals surface area contributed by atoms with Crippen LogP contribution in [0, 0.1) is 5.92 Å². The molecule has 1 aliphatic heterocycles. The molecule has 0 N–H and O–H groups in total. The zero-order valence-electron chi connectivity index (χ0n) is 10.7. The number of hydrogen-bond donors (Lipinski definition) is 0. The smallest absolute Gasteiger partial charge is 0.0628 e. The third kappa shape index (κ3) is 2.88. The summed E-state index contributed by atoms with van der Waals surface area (Å²) in [6.07, 6.45) is 9.97. The van der Waals surface area contributed by atoms with Gasteiger partial charge in [-0.2, -0.15) is 16.9 Å². The van der Waals surface area contributed by atoms with E-state index in [1.54, 1.807) is 0 Å². The van der Waals surface area contributed by atoms with E-state index in [1.165, 1.54) is 43.6 Å². The number of aromatic nitrogens is 2. The fourth-order valence-electron chi connectivity index (χ4n) is 3.06. The summed E-state index contributed by atoms with van der Waals surface area (Å²) >= 11 is 8.31. The van der Waals surface area contributed by atoms with E-state index in [4.69, 9.17) is 16.7 Å². The van der Waals surface area contributed by atoms with Gasteiger partial charge in [0.2, 0.25) is 0 Å². The Kier molecular flexibility index (Phi) is 4.20. The molecular weight excluding hydrogens is 264 g/mol. The average molecular weight is 285 g/mol. The van der Waals surface area contributed by atoms with Crippen molar-refractivity contribution in [1.29, 1.82) is 0 Å². The number of halogens is 1. The fourth-order valence-corrected chi connectivity index (χ4v) is 4.90. The van der Waals surface area contributed by atoms with Gasteiger partial charge in [0.25, 0.3) is 0 Å². The van der Waals surface area contributed by atoms with Crippen LogP contribution in [0.4, 0.5) is 0 Å². The molecule has 1 saturated heterocycles. The third-order valence-electron chi connectivity index (χ3n) is 4.20. The molecule has 0 spiro atoms. The minimum Gasteiger partial charge on any atom is -0.269 e. The first kappa shape index (κ1) is 12.9. The molecule has 1 aromatic rings. The van der Waals surface area contributed by atoms with Gasteiger partial charge >= 0.3 is 0 Å². The van der Waals surface area contributed by atoms with Crippen LogP contribution in [0.5, 0.6) is 0 Å². The first-order valence-electron chi connectivity index (χ1n) is 7.09. The van der Waals surface area contributed by atoms with E-state index >= 15 is 0 Å². The fraction of sp³-hybridized carbons (Fsp3) is 0.786. The molecule has 2 heterocycles. The molecule has 2 aliphatic rings. The summed E-state index contributed by atoms with van der Waals surface area (Å²) in [6.45, 7) is 0. The number of alkyl halides is 1. The van der Waals surface area contributed by atoms with E-state index in [0.29, 0.717) is 17.3 Å². The standard InChI is InChI=1S/C14H21ClN2S/c15-14-10-18-9-11(14)8-12-6-7-17(16-12)13-4-2-1-3-5-13/h6-7,11,13-14H,1-5,8-10H2. The Morgan fingerprint density at radius 1 is 1.28 bits per heavy atom. The normalized spacial score (nSPS) is 29.8. The highest BCUT2D eigenvalue weighted by Crippen LogP contribution is 2.31. The van der Waals surface area contributed by atoms with Crippen molar-refractivity contribution in [2.45, 2.75) is 49.9 Å². The van der Waals surface area contributed by atoms with Gasteiger partial charge in [0.15, 0.2) is 0 Å². The second-order valence-corrected chi connectivity index (χ2v) is 7.23. The summed E-state index contributed by atoms with van der Waals surface area (Å²) in [5.41, 5.74) is 1.23. The van der Waals surface area contributed by atoms with Crippen molar-refractivity contribution >= 4 is 23.4 Å².